The van der Waals surface area contributed by atoms with Crippen LogP contribution in [0.25, 0.3) is 0 Å². The Hall–Kier alpha value is -2.50. The minimum atomic E-state index is -0.610. The fourth-order valence-electron chi connectivity index (χ4n) is 2.19. The van der Waals surface area contributed by atoms with E-state index in [0.29, 0.717) is 6.42 Å². The molecule has 110 valence electrons. The Kier molecular flexibility index (Phi) is 4.16. The molecule has 0 bridgehead atoms. The number of benzene rings is 1. The van der Waals surface area contributed by atoms with Crippen molar-refractivity contribution < 1.29 is 9.18 Å². The van der Waals surface area contributed by atoms with Crippen molar-refractivity contribution in [3.63, 3.8) is 0 Å². The average molecular weight is 290 g/mol. The molecular weight excluding hydrogens is 275 g/mol. The van der Waals surface area contributed by atoms with Gasteiger partial charge in [0.05, 0.1) is 5.56 Å². The van der Waals surface area contributed by atoms with Crippen LogP contribution in [-0.2, 0) is 6.42 Å². The first kappa shape index (κ1) is 14.9. The standard InChI is InChI=1S/C15H15FN2O3/c1-9(7-11-3-5-12(16)6-4-11)18-14(20)13(10(2)19)8-17-15(18)21/h3-6,8-9H,7H2,1-2H3,(H,17,21). The van der Waals surface area contributed by atoms with Crippen LogP contribution in [-0.4, -0.2) is 15.3 Å². The molecule has 0 radical (unpaired) electrons. The third-order valence-electron chi connectivity index (χ3n) is 3.27. The molecule has 0 aliphatic rings. The first-order valence-corrected chi connectivity index (χ1v) is 6.49. The summed E-state index contributed by atoms with van der Waals surface area (Å²) in [5, 5.41) is 0. The van der Waals surface area contributed by atoms with Crippen molar-refractivity contribution in [2.24, 2.45) is 0 Å². The van der Waals surface area contributed by atoms with Gasteiger partial charge in [0.25, 0.3) is 5.56 Å². The third kappa shape index (κ3) is 3.16. The molecule has 0 saturated carbocycles. The Bertz CT molecular complexity index is 775. The second-order valence-corrected chi connectivity index (χ2v) is 4.92. The van der Waals surface area contributed by atoms with Gasteiger partial charge in [-0.1, -0.05) is 12.1 Å². The minimum Gasteiger partial charge on any atom is -0.313 e. The molecule has 21 heavy (non-hydrogen) atoms. The van der Waals surface area contributed by atoms with Crippen LogP contribution in [0.4, 0.5) is 4.39 Å². The number of halogens is 1. The Balaban J connectivity index is 2.39. The zero-order chi connectivity index (χ0) is 15.6. The average Bonchev–Trinajstić information content (AvgIpc) is 2.41. The number of nitrogens with zero attached hydrogens (tertiary/aromatic N) is 1. The summed E-state index contributed by atoms with van der Waals surface area (Å²) >= 11 is 0. The lowest BCUT2D eigenvalue weighted by Crippen LogP contribution is -2.40. The summed E-state index contributed by atoms with van der Waals surface area (Å²) in [4.78, 5) is 37.8. The third-order valence-corrected chi connectivity index (χ3v) is 3.27. The van der Waals surface area contributed by atoms with E-state index in [9.17, 15) is 18.8 Å². The van der Waals surface area contributed by atoms with Crippen molar-refractivity contribution in [3.8, 4) is 0 Å². The van der Waals surface area contributed by atoms with Crippen molar-refractivity contribution in [2.45, 2.75) is 26.3 Å². The van der Waals surface area contributed by atoms with Crippen molar-refractivity contribution in [1.29, 1.82) is 0 Å². The van der Waals surface area contributed by atoms with Crippen LogP contribution in [0.3, 0.4) is 0 Å². The molecule has 0 saturated heterocycles. The summed E-state index contributed by atoms with van der Waals surface area (Å²) in [7, 11) is 0. The number of nitrogens with one attached hydrogen (secondary N) is 1. The van der Waals surface area contributed by atoms with E-state index in [4.69, 9.17) is 0 Å². The second kappa shape index (κ2) is 5.87. The smallest absolute Gasteiger partial charge is 0.313 e. The molecule has 0 spiro atoms. The fraction of sp³-hybridized carbons (Fsp3) is 0.267. The summed E-state index contributed by atoms with van der Waals surface area (Å²) in [6.07, 6.45) is 1.51. The van der Waals surface area contributed by atoms with Crippen LogP contribution in [0, 0.1) is 5.82 Å². The maximum absolute atomic E-state index is 12.9. The van der Waals surface area contributed by atoms with Gasteiger partial charge in [-0.05, 0) is 38.0 Å². The molecule has 0 aliphatic heterocycles. The van der Waals surface area contributed by atoms with E-state index in [1.807, 2.05) is 0 Å². The van der Waals surface area contributed by atoms with E-state index in [-0.39, 0.29) is 11.4 Å². The van der Waals surface area contributed by atoms with Crippen LogP contribution in [0.15, 0.2) is 40.1 Å². The highest BCUT2D eigenvalue weighted by molar-refractivity contribution is 5.93. The number of rotatable bonds is 4. The maximum atomic E-state index is 12.9. The van der Waals surface area contributed by atoms with Crippen molar-refractivity contribution >= 4 is 5.78 Å². The minimum absolute atomic E-state index is 0.0550. The Morgan fingerprint density at radius 3 is 2.48 bits per heavy atom. The highest BCUT2D eigenvalue weighted by atomic mass is 19.1. The highest BCUT2D eigenvalue weighted by Crippen LogP contribution is 2.11. The summed E-state index contributed by atoms with van der Waals surface area (Å²) in [5.74, 6) is -0.751. The number of Topliss-reactive ketones (excluding diaryl/α,β-unsaturated/α-hetero) is 1. The number of carbonyl (C=O) groups excluding carboxylic acids is 1. The van der Waals surface area contributed by atoms with Gasteiger partial charge in [-0.3, -0.25) is 14.2 Å². The number of carbonyl (C=O) groups is 1. The first-order valence-electron chi connectivity index (χ1n) is 6.49. The Labute approximate surface area is 120 Å². The van der Waals surface area contributed by atoms with Crippen LogP contribution < -0.4 is 11.2 Å². The van der Waals surface area contributed by atoms with Gasteiger partial charge in [-0.25, -0.2) is 9.18 Å². The molecule has 6 heteroatoms. The molecular formula is C15H15FN2O3. The van der Waals surface area contributed by atoms with E-state index in [1.54, 1.807) is 19.1 Å². The SMILES string of the molecule is CC(=O)c1c[nH]c(=O)n(C(C)Cc2ccc(F)cc2)c1=O. The lowest BCUT2D eigenvalue weighted by molar-refractivity contribution is 0.101. The normalized spacial score (nSPS) is 12.1. The quantitative estimate of drug-likeness (QED) is 0.871. The van der Waals surface area contributed by atoms with E-state index < -0.39 is 23.1 Å². The van der Waals surface area contributed by atoms with Crippen LogP contribution >= 0.6 is 0 Å². The predicted octanol–water partition coefficient (Wildman–Crippen LogP) is 1.68. The molecule has 1 heterocycles. The molecule has 2 aromatic rings. The largest absolute Gasteiger partial charge is 0.328 e. The number of ketones is 1. The fourth-order valence-corrected chi connectivity index (χ4v) is 2.19. The highest BCUT2D eigenvalue weighted by Gasteiger charge is 2.16. The topological polar surface area (TPSA) is 71.9 Å². The van der Waals surface area contributed by atoms with E-state index in [2.05, 4.69) is 4.98 Å². The summed E-state index contributed by atoms with van der Waals surface area (Å²) in [6, 6.07) is 5.38. The summed E-state index contributed by atoms with van der Waals surface area (Å²) < 4.78 is 13.9. The number of hydrogen-bond donors (Lipinski definition) is 1. The van der Waals surface area contributed by atoms with Crippen LogP contribution in [0.2, 0.25) is 0 Å². The van der Waals surface area contributed by atoms with Gasteiger partial charge in [-0.2, -0.15) is 0 Å². The predicted molar refractivity (Wildman–Crippen MR) is 76.1 cm³/mol. The molecule has 1 aromatic carbocycles. The molecule has 1 unspecified atom stereocenters. The molecule has 1 aromatic heterocycles. The van der Waals surface area contributed by atoms with Crippen molar-refractivity contribution in [1.82, 2.24) is 9.55 Å². The summed E-state index contributed by atoms with van der Waals surface area (Å²) in [5.41, 5.74) is -0.440. The second-order valence-electron chi connectivity index (χ2n) is 4.92. The van der Waals surface area contributed by atoms with Gasteiger partial charge in [0, 0.05) is 12.2 Å². The number of H-pyrrole nitrogens is 1. The van der Waals surface area contributed by atoms with E-state index in [1.165, 1.54) is 19.1 Å². The molecule has 0 fully saturated rings. The lowest BCUT2D eigenvalue weighted by atomic mass is 10.1. The zero-order valence-electron chi connectivity index (χ0n) is 11.7. The van der Waals surface area contributed by atoms with Crippen molar-refractivity contribution in [2.75, 3.05) is 0 Å². The number of aromatic amines is 1. The molecule has 1 N–H and O–H groups in total. The molecule has 0 amide bonds. The lowest BCUT2D eigenvalue weighted by Gasteiger charge is -2.14. The van der Waals surface area contributed by atoms with Gasteiger partial charge >= 0.3 is 5.69 Å². The maximum Gasteiger partial charge on any atom is 0.328 e. The van der Waals surface area contributed by atoms with Gasteiger partial charge in [0.1, 0.15) is 5.82 Å². The zero-order valence-corrected chi connectivity index (χ0v) is 11.7. The van der Waals surface area contributed by atoms with E-state index in [0.717, 1.165) is 16.3 Å². The van der Waals surface area contributed by atoms with Crippen LogP contribution in [0.5, 0.6) is 0 Å². The van der Waals surface area contributed by atoms with E-state index >= 15 is 0 Å². The molecule has 1 atom stereocenters. The first-order chi connectivity index (χ1) is 9.90. The molecule has 0 aliphatic carbocycles. The Morgan fingerprint density at radius 2 is 1.90 bits per heavy atom. The van der Waals surface area contributed by atoms with Gasteiger partial charge in [0.15, 0.2) is 5.78 Å². The van der Waals surface area contributed by atoms with Crippen LogP contribution in [0.1, 0.15) is 35.8 Å². The molecule has 2 rings (SSSR count). The monoisotopic (exact) mass is 290 g/mol. The number of aromatic nitrogens is 2. The van der Waals surface area contributed by atoms with Gasteiger partial charge in [0.2, 0.25) is 0 Å². The number of hydrogen-bond acceptors (Lipinski definition) is 3. The van der Waals surface area contributed by atoms with Gasteiger partial charge < -0.3 is 4.98 Å². The van der Waals surface area contributed by atoms with Crippen molar-refractivity contribution in [3.05, 3.63) is 68.2 Å². The van der Waals surface area contributed by atoms with Gasteiger partial charge in [-0.15, -0.1) is 0 Å². The summed E-state index contributed by atoms with van der Waals surface area (Å²) in [6.45, 7) is 2.97. The Morgan fingerprint density at radius 1 is 1.29 bits per heavy atom. The molecule has 5 nitrogen and oxygen atoms in total.